The van der Waals surface area contributed by atoms with E-state index < -0.39 is 9.84 Å². The molecule has 0 saturated carbocycles. The Morgan fingerprint density at radius 2 is 2.00 bits per heavy atom. The monoisotopic (exact) mass is 346 g/mol. The molecule has 2 heterocycles. The van der Waals surface area contributed by atoms with Crippen LogP contribution in [0.3, 0.4) is 0 Å². The molecule has 0 radical (unpaired) electrons. The first-order valence-electron chi connectivity index (χ1n) is 7.45. The van der Waals surface area contributed by atoms with Crippen molar-refractivity contribution in [3.8, 4) is 11.3 Å². The van der Waals surface area contributed by atoms with Gasteiger partial charge in [-0.05, 0) is 36.8 Å². The minimum Gasteiger partial charge on any atom is -0.260 e. The van der Waals surface area contributed by atoms with E-state index in [1.165, 1.54) is 24.9 Å². The number of rotatable bonds is 4. The first kappa shape index (κ1) is 16.2. The zero-order valence-corrected chi connectivity index (χ0v) is 14.5. The van der Waals surface area contributed by atoms with Gasteiger partial charge in [0, 0.05) is 17.1 Å². The highest BCUT2D eigenvalue weighted by molar-refractivity contribution is 8.00. The molecule has 120 valence electrons. The third-order valence-corrected chi connectivity index (χ3v) is 6.15. The summed E-state index contributed by atoms with van der Waals surface area (Å²) in [6.07, 6.45) is 11.3. The summed E-state index contributed by atoms with van der Waals surface area (Å²) in [5.41, 5.74) is 2.42. The van der Waals surface area contributed by atoms with E-state index in [4.69, 9.17) is 0 Å². The molecule has 1 aromatic carbocycles. The van der Waals surface area contributed by atoms with Gasteiger partial charge in [-0.1, -0.05) is 18.2 Å². The molecule has 0 N–H and O–H groups in total. The van der Waals surface area contributed by atoms with E-state index in [-0.39, 0.29) is 0 Å². The number of hydrogen-bond donors (Lipinski definition) is 0. The van der Waals surface area contributed by atoms with E-state index in [2.05, 4.69) is 16.0 Å². The molecule has 6 heteroatoms. The highest BCUT2D eigenvalue weighted by Gasteiger charge is 2.12. The van der Waals surface area contributed by atoms with Gasteiger partial charge >= 0.3 is 0 Å². The Kier molecular flexibility index (Phi) is 4.82. The van der Waals surface area contributed by atoms with Crippen LogP contribution in [0.15, 0.2) is 47.6 Å². The van der Waals surface area contributed by atoms with Crippen molar-refractivity contribution in [3.05, 3.63) is 48.4 Å². The second kappa shape index (κ2) is 6.84. The van der Waals surface area contributed by atoms with Gasteiger partial charge < -0.3 is 0 Å². The van der Waals surface area contributed by atoms with Crippen molar-refractivity contribution in [1.82, 2.24) is 9.97 Å². The predicted octanol–water partition coefficient (Wildman–Crippen LogP) is 3.46. The maximum Gasteiger partial charge on any atom is 0.175 e. The fraction of sp³-hybridized carbons (Fsp3) is 0.294. The van der Waals surface area contributed by atoms with Gasteiger partial charge in [-0.2, -0.15) is 11.8 Å². The lowest BCUT2D eigenvalue weighted by molar-refractivity contribution is 0.602. The second-order valence-electron chi connectivity index (χ2n) is 5.54. The summed E-state index contributed by atoms with van der Waals surface area (Å²) in [5, 5.41) is 0.578. The smallest absolute Gasteiger partial charge is 0.175 e. The molecule has 2 aromatic rings. The van der Waals surface area contributed by atoms with Gasteiger partial charge in [-0.15, -0.1) is 0 Å². The van der Waals surface area contributed by atoms with Gasteiger partial charge in [0.25, 0.3) is 0 Å². The molecule has 1 aliphatic heterocycles. The summed E-state index contributed by atoms with van der Waals surface area (Å²) >= 11 is 1.97. The van der Waals surface area contributed by atoms with Gasteiger partial charge in [0.05, 0.1) is 28.7 Å². The van der Waals surface area contributed by atoms with Crippen molar-refractivity contribution < 1.29 is 8.42 Å². The molecule has 0 aliphatic carbocycles. The molecule has 1 fully saturated rings. The van der Waals surface area contributed by atoms with Crippen molar-refractivity contribution in [3.63, 3.8) is 0 Å². The molecule has 1 unspecified atom stereocenters. The average molecular weight is 346 g/mol. The molecular formula is C17H18N2O2S2. The second-order valence-corrected chi connectivity index (χ2v) is 8.90. The minimum atomic E-state index is -3.18. The molecule has 1 aliphatic rings. The van der Waals surface area contributed by atoms with Crippen molar-refractivity contribution in [1.29, 1.82) is 0 Å². The normalized spacial score (nSPS) is 18.6. The van der Waals surface area contributed by atoms with Gasteiger partial charge in [0.1, 0.15) is 0 Å². The third kappa shape index (κ3) is 4.20. The van der Waals surface area contributed by atoms with Crippen LogP contribution in [0.4, 0.5) is 0 Å². The molecule has 0 amide bonds. The average Bonchev–Trinajstić information content (AvgIpc) is 3.06. The number of hydrogen-bond acceptors (Lipinski definition) is 5. The molecule has 1 aromatic heterocycles. The van der Waals surface area contributed by atoms with E-state index in [0.717, 1.165) is 17.0 Å². The molecule has 0 bridgehead atoms. The lowest BCUT2D eigenvalue weighted by Crippen LogP contribution is -1.97. The van der Waals surface area contributed by atoms with Crippen LogP contribution in [0, 0.1) is 0 Å². The Morgan fingerprint density at radius 1 is 1.22 bits per heavy atom. The van der Waals surface area contributed by atoms with E-state index in [9.17, 15) is 8.42 Å². The highest BCUT2D eigenvalue weighted by Crippen LogP contribution is 2.27. The quantitative estimate of drug-likeness (QED) is 0.848. The van der Waals surface area contributed by atoms with Crippen LogP contribution in [-0.2, 0) is 9.84 Å². The Morgan fingerprint density at radius 3 is 2.65 bits per heavy atom. The summed E-state index contributed by atoms with van der Waals surface area (Å²) in [6, 6.07) is 6.73. The van der Waals surface area contributed by atoms with Crippen LogP contribution < -0.4 is 0 Å². The van der Waals surface area contributed by atoms with Crippen LogP contribution >= 0.6 is 11.8 Å². The first-order valence-corrected chi connectivity index (χ1v) is 10.4. The molecular weight excluding hydrogens is 328 g/mol. The fourth-order valence-corrected chi connectivity index (χ4v) is 4.22. The molecule has 3 rings (SSSR count). The molecule has 1 atom stereocenters. The molecule has 4 nitrogen and oxygen atoms in total. The van der Waals surface area contributed by atoms with E-state index in [1.54, 1.807) is 36.7 Å². The van der Waals surface area contributed by atoms with Crippen molar-refractivity contribution in [2.45, 2.75) is 23.0 Å². The van der Waals surface area contributed by atoms with Crippen LogP contribution in [-0.4, -0.2) is 35.6 Å². The zero-order chi connectivity index (χ0) is 16.3. The summed E-state index contributed by atoms with van der Waals surface area (Å²) in [7, 11) is -3.18. The highest BCUT2D eigenvalue weighted by atomic mass is 32.2. The maximum absolute atomic E-state index is 11.5. The van der Waals surface area contributed by atoms with Crippen LogP contribution in [0.5, 0.6) is 0 Å². The Labute approximate surface area is 141 Å². The summed E-state index contributed by atoms with van der Waals surface area (Å²) in [4.78, 5) is 9.14. The number of nitrogens with zero attached hydrogens (tertiary/aromatic N) is 2. The maximum atomic E-state index is 11.5. The number of benzene rings is 1. The van der Waals surface area contributed by atoms with Crippen LogP contribution in [0.2, 0.25) is 0 Å². The van der Waals surface area contributed by atoms with Gasteiger partial charge in [0.15, 0.2) is 9.84 Å². The van der Waals surface area contributed by atoms with Crippen molar-refractivity contribution in [2.24, 2.45) is 0 Å². The van der Waals surface area contributed by atoms with Crippen LogP contribution in [0.25, 0.3) is 17.3 Å². The number of thioether (sulfide) groups is 1. The Bertz CT molecular complexity index is 809. The van der Waals surface area contributed by atoms with Crippen molar-refractivity contribution in [2.75, 3.05) is 12.0 Å². The minimum absolute atomic E-state index is 0.309. The van der Waals surface area contributed by atoms with Crippen LogP contribution in [0.1, 0.15) is 18.5 Å². The largest absolute Gasteiger partial charge is 0.260 e. The predicted molar refractivity (Wildman–Crippen MR) is 95.1 cm³/mol. The SMILES string of the molecule is CS(=O)(=O)c1ccc(-c2cncc(/C=C\C3CCCS3)n2)cc1. The van der Waals surface area contributed by atoms with E-state index in [0.29, 0.717) is 10.1 Å². The first-order chi connectivity index (χ1) is 11.0. The standard InChI is InChI=1S/C17H18N2O2S2/c1-23(20,21)16-8-4-13(5-9-16)17-12-18-11-14(19-17)6-7-15-3-2-10-22-15/h4-9,11-12,15H,2-3,10H2,1H3/b7-6-. The Hall–Kier alpha value is -1.66. The summed E-state index contributed by atoms with van der Waals surface area (Å²) in [6.45, 7) is 0. The van der Waals surface area contributed by atoms with Gasteiger partial charge in [-0.25, -0.2) is 13.4 Å². The lowest BCUT2D eigenvalue weighted by atomic mass is 10.1. The zero-order valence-electron chi connectivity index (χ0n) is 12.8. The van der Waals surface area contributed by atoms with E-state index in [1.807, 2.05) is 17.8 Å². The van der Waals surface area contributed by atoms with E-state index >= 15 is 0 Å². The number of aromatic nitrogens is 2. The molecule has 23 heavy (non-hydrogen) atoms. The molecule has 1 saturated heterocycles. The fourth-order valence-electron chi connectivity index (χ4n) is 2.43. The molecule has 0 spiro atoms. The summed E-state index contributed by atoms with van der Waals surface area (Å²) in [5.74, 6) is 1.23. The lowest BCUT2D eigenvalue weighted by Gasteiger charge is -2.04. The Balaban J connectivity index is 1.81. The topological polar surface area (TPSA) is 59.9 Å². The van der Waals surface area contributed by atoms with Gasteiger partial charge in [-0.3, -0.25) is 4.98 Å². The number of sulfone groups is 1. The third-order valence-electron chi connectivity index (χ3n) is 3.68. The summed E-state index contributed by atoms with van der Waals surface area (Å²) < 4.78 is 23.0. The van der Waals surface area contributed by atoms with Crippen molar-refractivity contribution >= 4 is 27.7 Å². The van der Waals surface area contributed by atoms with Gasteiger partial charge in [0.2, 0.25) is 0 Å².